The second-order valence-electron chi connectivity index (χ2n) is 7.97. The van der Waals surface area contributed by atoms with Crippen LogP contribution < -0.4 is 15.8 Å². The van der Waals surface area contributed by atoms with Crippen molar-refractivity contribution in [1.82, 2.24) is 4.98 Å². The van der Waals surface area contributed by atoms with Gasteiger partial charge in [0.25, 0.3) is 0 Å². The first-order valence-electron chi connectivity index (χ1n) is 9.80. The largest absolute Gasteiger partial charge is 0.415 e. The molecule has 1 saturated carbocycles. The van der Waals surface area contributed by atoms with Gasteiger partial charge >= 0.3 is 6.61 Å². The Morgan fingerprint density at radius 3 is 2.59 bits per heavy atom. The fourth-order valence-electron chi connectivity index (χ4n) is 4.10. The number of nitrogens with zero attached hydrogens (tertiary/aromatic N) is 1. The second kappa shape index (κ2) is 8.45. The molecule has 2 aromatic rings. The molecule has 0 atom stereocenters. The van der Waals surface area contributed by atoms with Crippen LogP contribution in [0.25, 0.3) is 0 Å². The number of halogens is 2. The van der Waals surface area contributed by atoms with Crippen LogP contribution in [0.3, 0.4) is 0 Å². The number of carbonyl (C=O) groups is 1. The van der Waals surface area contributed by atoms with E-state index in [0.29, 0.717) is 25.1 Å². The first-order valence-corrected chi connectivity index (χ1v) is 9.80. The number of benzene rings is 1. The zero-order chi connectivity index (χ0) is 21.2. The molecule has 3 N–H and O–H groups in total. The Hall–Kier alpha value is -2.54. The summed E-state index contributed by atoms with van der Waals surface area (Å²) in [5.74, 6) is -0.0455. The van der Waals surface area contributed by atoms with Crippen molar-refractivity contribution < 1.29 is 18.3 Å². The van der Waals surface area contributed by atoms with Gasteiger partial charge in [-0.05, 0) is 61.4 Å². The van der Waals surface area contributed by atoms with Gasteiger partial charge in [-0.3, -0.25) is 4.79 Å². The van der Waals surface area contributed by atoms with Gasteiger partial charge in [0.15, 0.2) is 0 Å². The minimum Gasteiger partial charge on any atom is -0.415 e. The predicted molar refractivity (Wildman–Crippen MR) is 108 cm³/mol. The number of amides is 1. The third-order valence-electron chi connectivity index (χ3n) is 5.59. The molecule has 0 saturated heterocycles. The van der Waals surface area contributed by atoms with E-state index in [1.54, 1.807) is 19.1 Å². The molecule has 0 spiro atoms. The molecule has 1 heterocycles. The summed E-state index contributed by atoms with van der Waals surface area (Å²) < 4.78 is 30.1. The van der Waals surface area contributed by atoms with Crippen LogP contribution in [0.5, 0.6) is 5.88 Å². The van der Waals surface area contributed by atoms with Crippen molar-refractivity contribution in [1.29, 1.82) is 0 Å². The van der Waals surface area contributed by atoms with E-state index < -0.39 is 12.0 Å². The van der Waals surface area contributed by atoms with Crippen LogP contribution in [0.4, 0.5) is 14.5 Å². The van der Waals surface area contributed by atoms with E-state index in [-0.39, 0.29) is 29.3 Å². The molecule has 3 rings (SSSR count). The van der Waals surface area contributed by atoms with E-state index in [2.05, 4.69) is 28.9 Å². The summed E-state index contributed by atoms with van der Waals surface area (Å²) in [6, 6.07) is 11.1. The van der Waals surface area contributed by atoms with Gasteiger partial charge in [-0.15, -0.1) is 0 Å². The molecule has 1 aliphatic rings. The number of hydrogen-bond donors (Lipinski definition) is 2. The summed E-state index contributed by atoms with van der Waals surface area (Å²) in [7, 11) is 0. The van der Waals surface area contributed by atoms with Crippen LogP contribution in [-0.2, 0) is 10.2 Å². The summed E-state index contributed by atoms with van der Waals surface area (Å²) in [6.45, 7) is 3.32. The van der Waals surface area contributed by atoms with Crippen LogP contribution in [0.2, 0.25) is 0 Å². The molecule has 0 bridgehead atoms. The normalized spacial score (nSPS) is 21.2. The van der Waals surface area contributed by atoms with E-state index in [1.165, 1.54) is 0 Å². The molecule has 5 nitrogen and oxygen atoms in total. The number of carbonyl (C=O) groups excluding carboxylic acids is 1. The van der Waals surface area contributed by atoms with Gasteiger partial charge in [-0.25, -0.2) is 4.98 Å². The Kier molecular flexibility index (Phi) is 6.17. The van der Waals surface area contributed by atoms with Gasteiger partial charge in [-0.2, -0.15) is 8.78 Å². The van der Waals surface area contributed by atoms with E-state index in [9.17, 15) is 13.6 Å². The summed E-state index contributed by atoms with van der Waals surface area (Å²) in [5, 5.41) is 2.79. The number of alkyl halides is 2. The van der Waals surface area contributed by atoms with Crippen LogP contribution in [-0.4, -0.2) is 24.0 Å². The first kappa shape index (κ1) is 21.2. The molecule has 0 aliphatic heterocycles. The van der Waals surface area contributed by atoms with Crippen LogP contribution in [0.15, 0.2) is 36.4 Å². The second-order valence-corrected chi connectivity index (χ2v) is 7.97. The third-order valence-corrected chi connectivity index (χ3v) is 5.59. The molecule has 156 valence electrons. The first-order chi connectivity index (χ1) is 13.8. The van der Waals surface area contributed by atoms with Crippen molar-refractivity contribution in [3.05, 3.63) is 53.2 Å². The van der Waals surface area contributed by atoms with E-state index in [1.807, 2.05) is 24.3 Å². The molecule has 0 radical (unpaired) electrons. The van der Waals surface area contributed by atoms with Gasteiger partial charge in [0.05, 0.1) is 5.41 Å². The fourth-order valence-corrected chi connectivity index (χ4v) is 4.10. The molecule has 0 unspecified atom stereocenters. The van der Waals surface area contributed by atoms with Crippen molar-refractivity contribution >= 4 is 11.6 Å². The van der Waals surface area contributed by atoms with Crippen molar-refractivity contribution in [2.24, 2.45) is 11.7 Å². The number of ether oxygens (including phenoxy) is 1. The summed E-state index contributed by atoms with van der Waals surface area (Å²) in [5.41, 5.74) is 7.81. The monoisotopic (exact) mass is 403 g/mol. The number of nitrogens with two attached hydrogens (primary N) is 1. The maximum atomic E-state index is 13.5. The summed E-state index contributed by atoms with van der Waals surface area (Å²) in [6.07, 6.45) is 1.23. The lowest BCUT2D eigenvalue weighted by Crippen LogP contribution is -2.53. The predicted octanol–water partition coefficient (Wildman–Crippen LogP) is 4.36. The van der Waals surface area contributed by atoms with Crippen molar-refractivity contribution in [3.8, 4) is 5.88 Å². The maximum Gasteiger partial charge on any atom is 0.388 e. The summed E-state index contributed by atoms with van der Waals surface area (Å²) in [4.78, 5) is 17.5. The number of anilines is 1. The smallest absolute Gasteiger partial charge is 0.388 e. The van der Waals surface area contributed by atoms with Gasteiger partial charge in [-0.1, -0.05) is 38.1 Å². The molecule has 1 aliphatic carbocycles. The zero-order valence-corrected chi connectivity index (χ0v) is 16.9. The fraction of sp³-hybridized carbons (Fsp3) is 0.455. The molecule has 1 aromatic carbocycles. The van der Waals surface area contributed by atoms with Crippen LogP contribution >= 0.6 is 0 Å². The topological polar surface area (TPSA) is 77.2 Å². The number of pyridine rings is 1. The van der Waals surface area contributed by atoms with Crippen LogP contribution in [0.1, 0.15) is 49.4 Å². The molecule has 1 aromatic heterocycles. The minimum atomic E-state index is -3.03. The van der Waals surface area contributed by atoms with E-state index >= 15 is 0 Å². The van der Waals surface area contributed by atoms with Crippen LogP contribution in [0, 0.1) is 12.8 Å². The lowest BCUT2D eigenvalue weighted by atomic mass is 9.56. The molecule has 29 heavy (non-hydrogen) atoms. The number of aryl methyl sites for hydroxylation is 1. The highest BCUT2D eigenvalue weighted by Gasteiger charge is 2.51. The Bertz CT molecular complexity index is 880. The Morgan fingerprint density at radius 1 is 1.28 bits per heavy atom. The number of rotatable bonds is 7. The highest BCUT2D eigenvalue weighted by Crippen LogP contribution is 2.50. The average Bonchev–Trinajstić information content (AvgIpc) is 2.63. The Morgan fingerprint density at radius 2 is 1.97 bits per heavy atom. The highest BCUT2D eigenvalue weighted by molar-refractivity contribution is 6.01. The number of nitrogens with one attached hydrogen (secondary N) is 1. The SMILES string of the molecule is Cc1ccc(NC(=O)C2(c3ccccc3C(C)C)CC(CN)C2)c(OC(F)F)n1. The molecular formula is C22H27F2N3O2. The molecule has 1 amide bonds. The van der Waals surface area contributed by atoms with E-state index in [0.717, 1.165) is 11.1 Å². The van der Waals surface area contributed by atoms with Crippen molar-refractivity contribution in [3.63, 3.8) is 0 Å². The van der Waals surface area contributed by atoms with Crippen molar-refractivity contribution in [2.45, 2.75) is 51.6 Å². The summed E-state index contributed by atoms with van der Waals surface area (Å²) >= 11 is 0. The van der Waals surface area contributed by atoms with Gasteiger partial charge in [0.2, 0.25) is 11.8 Å². The number of hydrogen-bond acceptors (Lipinski definition) is 4. The highest BCUT2D eigenvalue weighted by atomic mass is 19.3. The lowest BCUT2D eigenvalue weighted by Gasteiger charge is -2.47. The quantitative estimate of drug-likeness (QED) is 0.720. The van der Waals surface area contributed by atoms with Gasteiger partial charge < -0.3 is 15.8 Å². The zero-order valence-electron chi connectivity index (χ0n) is 16.9. The van der Waals surface area contributed by atoms with Crippen molar-refractivity contribution in [2.75, 3.05) is 11.9 Å². The standard InChI is InChI=1S/C22H27F2N3O2/c1-13(2)16-6-4-5-7-17(16)22(10-15(11-22)12-25)20(28)27-18-9-8-14(3)26-19(18)29-21(23)24/h4-9,13,15,21H,10-12,25H2,1-3H3,(H,27,28). The lowest BCUT2D eigenvalue weighted by molar-refractivity contribution is -0.126. The minimum absolute atomic E-state index is 0.138. The molecule has 1 fully saturated rings. The Labute approximate surface area is 169 Å². The van der Waals surface area contributed by atoms with Gasteiger partial charge in [0, 0.05) is 5.69 Å². The van der Waals surface area contributed by atoms with E-state index in [4.69, 9.17) is 5.73 Å². The third kappa shape index (κ3) is 4.24. The molecule has 7 heteroatoms. The Balaban J connectivity index is 1.97. The van der Waals surface area contributed by atoms with Gasteiger partial charge in [0.1, 0.15) is 5.69 Å². The molecular weight excluding hydrogens is 376 g/mol. The number of aromatic nitrogens is 1. The average molecular weight is 403 g/mol. The maximum absolute atomic E-state index is 13.5.